The first kappa shape index (κ1) is 15.6. The van der Waals surface area contributed by atoms with E-state index < -0.39 is 22.4 Å². The Bertz CT molecular complexity index is 539. The second kappa shape index (κ2) is 5.93. The molecule has 1 saturated heterocycles. The Balaban J connectivity index is 2.40. The average molecular weight is 301 g/mol. The minimum Gasteiger partial charge on any atom is -0.370 e. The second-order valence-electron chi connectivity index (χ2n) is 5.10. The third-order valence-corrected chi connectivity index (χ3v) is 3.56. The molecule has 1 aliphatic heterocycles. The predicted molar refractivity (Wildman–Crippen MR) is 75.0 cm³/mol. The zero-order valence-electron chi connectivity index (χ0n) is 11.6. The van der Waals surface area contributed by atoms with Gasteiger partial charge in [0.1, 0.15) is 0 Å². The largest absolute Gasteiger partial charge is 0.418 e. The molecule has 0 aromatic heterocycles. The van der Waals surface area contributed by atoms with Crippen molar-refractivity contribution >= 4 is 19.4 Å². The van der Waals surface area contributed by atoms with E-state index in [0.717, 1.165) is 19.0 Å². The van der Waals surface area contributed by atoms with Gasteiger partial charge in [-0.3, -0.25) is 10.1 Å². The van der Waals surface area contributed by atoms with Crippen molar-refractivity contribution in [3.63, 3.8) is 0 Å². The Morgan fingerprint density at radius 1 is 1.19 bits per heavy atom. The van der Waals surface area contributed by atoms with Gasteiger partial charge in [-0.05, 0) is 19.0 Å². The molecule has 0 unspecified atom stereocenters. The molecular weight excluding hydrogens is 286 g/mol. The van der Waals surface area contributed by atoms with Gasteiger partial charge in [0.05, 0.1) is 10.5 Å². The van der Waals surface area contributed by atoms with E-state index in [1.807, 2.05) is 7.98 Å². The van der Waals surface area contributed by atoms with Gasteiger partial charge in [-0.1, -0.05) is 0 Å². The summed E-state index contributed by atoms with van der Waals surface area (Å²) in [6, 6.07) is 2.94. The van der Waals surface area contributed by atoms with Gasteiger partial charge >= 0.3 is 6.18 Å². The van der Waals surface area contributed by atoms with Crippen molar-refractivity contribution in [2.45, 2.75) is 12.6 Å². The van der Waals surface area contributed by atoms with Crippen LogP contribution < -0.4 is 4.90 Å². The smallest absolute Gasteiger partial charge is 0.370 e. The molecule has 21 heavy (non-hydrogen) atoms. The van der Waals surface area contributed by atoms with E-state index in [2.05, 4.69) is 4.81 Å². The molecule has 1 aromatic rings. The van der Waals surface area contributed by atoms with Gasteiger partial charge in [0, 0.05) is 37.5 Å². The summed E-state index contributed by atoms with van der Waals surface area (Å²) in [5.41, 5.74) is -1.47. The van der Waals surface area contributed by atoms with E-state index in [1.165, 1.54) is 6.07 Å². The summed E-state index contributed by atoms with van der Waals surface area (Å²) in [6.45, 7) is 2.46. The topological polar surface area (TPSA) is 49.6 Å². The minimum atomic E-state index is -4.61. The molecule has 1 fully saturated rings. The molecular formula is C12H15BF3N3O2. The Kier molecular flexibility index (Phi) is 4.41. The van der Waals surface area contributed by atoms with Crippen molar-refractivity contribution < 1.29 is 18.1 Å². The zero-order valence-corrected chi connectivity index (χ0v) is 11.6. The van der Waals surface area contributed by atoms with Crippen molar-refractivity contribution in [2.75, 3.05) is 31.1 Å². The SMILES string of the molecule is BN1CCCN(c2ccc([N+](=O)[O-])cc2C(F)(F)F)CC1. The highest BCUT2D eigenvalue weighted by Gasteiger charge is 2.36. The summed E-state index contributed by atoms with van der Waals surface area (Å²) < 4.78 is 39.5. The van der Waals surface area contributed by atoms with Crippen LogP contribution in [-0.2, 0) is 6.18 Å². The number of anilines is 1. The molecule has 114 valence electrons. The fraction of sp³-hybridized carbons (Fsp3) is 0.500. The average Bonchev–Trinajstić information content (AvgIpc) is 2.62. The minimum absolute atomic E-state index is 0.0170. The molecule has 1 heterocycles. The standard InChI is InChI=1S/C12H15BF3N3O2/c13-18-5-1-4-17(6-7-18)11-3-2-9(19(20)21)8-10(11)12(14,15)16/h2-3,8H,1,4-7,13H2. The highest BCUT2D eigenvalue weighted by atomic mass is 19.4. The van der Waals surface area contributed by atoms with E-state index >= 15 is 0 Å². The number of hydrogen-bond acceptors (Lipinski definition) is 4. The summed E-state index contributed by atoms with van der Waals surface area (Å²) in [6.07, 6.45) is -3.86. The van der Waals surface area contributed by atoms with Crippen LogP contribution in [0.3, 0.4) is 0 Å². The monoisotopic (exact) mass is 301 g/mol. The normalized spacial score (nSPS) is 17.6. The van der Waals surface area contributed by atoms with E-state index in [9.17, 15) is 23.3 Å². The van der Waals surface area contributed by atoms with Gasteiger partial charge in [-0.25, -0.2) is 0 Å². The maximum atomic E-state index is 13.2. The van der Waals surface area contributed by atoms with Gasteiger partial charge in [-0.2, -0.15) is 13.2 Å². The number of non-ortho nitro benzene ring substituents is 1. The van der Waals surface area contributed by atoms with Crippen molar-refractivity contribution in [2.24, 2.45) is 0 Å². The highest BCUT2D eigenvalue weighted by Crippen LogP contribution is 2.39. The lowest BCUT2D eigenvalue weighted by molar-refractivity contribution is -0.385. The van der Waals surface area contributed by atoms with Crippen LogP contribution in [0.25, 0.3) is 0 Å². The number of nitrogens with zero attached hydrogens (tertiary/aromatic N) is 3. The molecule has 9 heteroatoms. The number of nitro benzene ring substituents is 1. The lowest BCUT2D eigenvalue weighted by atomic mass is 10.1. The Morgan fingerprint density at radius 3 is 2.52 bits per heavy atom. The Labute approximate surface area is 120 Å². The molecule has 0 atom stereocenters. The van der Waals surface area contributed by atoms with Crippen LogP contribution in [-0.4, -0.2) is 43.9 Å². The summed E-state index contributed by atoms with van der Waals surface area (Å²) in [5, 5.41) is 10.7. The van der Waals surface area contributed by atoms with Crippen LogP contribution in [0.15, 0.2) is 18.2 Å². The fourth-order valence-electron chi connectivity index (χ4n) is 2.43. The molecule has 0 N–H and O–H groups in total. The van der Waals surface area contributed by atoms with Gasteiger partial charge in [0.2, 0.25) is 0 Å². The third kappa shape index (κ3) is 3.66. The zero-order chi connectivity index (χ0) is 15.6. The number of rotatable bonds is 2. The van der Waals surface area contributed by atoms with Crippen molar-refractivity contribution in [1.29, 1.82) is 0 Å². The summed E-state index contributed by atoms with van der Waals surface area (Å²) in [5.74, 6) is 0. The Hall–Kier alpha value is -1.77. The van der Waals surface area contributed by atoms with Gasteiger partial charge in [-0.15, -0.1) is 0 Å². The first-order valence-corrected chi connectivity index (χ1v) is 6.58. The molecule has 1 aromatic carbocycles. The molecule has 0 spiro atoms. The number of halogens is 3. The Morgan fingerprint density at radius 2 is 1.90 bits per heavy atom. The maximum absolute atomic E-state index is 13.2. The second-order valence-corrected chi connectivity index (χ2v) is 5.10. The van der Waals surface area contributed by atoms with E-state index in [1.54, 1.807) is 4.90 Å². The van der Waals surface area contributed by atoms with E-state index in [4.69, 9.17) is 0 Å². The van der Waals surface area contributed by atoms with E-state index in [0.29, 0.717) is 25.7 Å². The molecule has 0 bridgehead atoms. The molecule has 1 aliphatic rings. The number of alkyl halides is 3. The van der Waals surface area contributed by atoms with Crippen molar-refractivity contribution in [1.82, 2.24) is 4.81 Å². The number of benzene rings is 1. The third-order valence-electron chi connectivity index (χ3n) is 3.56. The molecule has 0 aliphatic carbocycles. The predicted octanol–water partition coefficient (Wildman–Crippen LogP) is 1.67. The number of nitro groups is 1. The molecule has 5 nitrogen and oxygen atoms in total. The van der Waals surface area contributed by atoms with Crippen LogP contribution in [0.2, 0.25) is 0 Å². The molecule has 0 saturated carbocycles. The van der Waals surface area contributed by atoms with Crippen molar-refractivity contribution in [3.8, 4) is 0 Å². The summed E-state index contributed by atoms with van der Waals surface area (Å²) >= 11 is 0. The lowest BCUT2D eigenvalue weighted by Crippen LogP contribution is -2.30. The van der Waals surface area contributed by atoms with Gasteiger partial charge in [0.15, 0.2) is 7.98 Å². The summed E-state index contributed by atoms with van der Waals surface area (Å²) in [4.78, 5) is 13.6. The van der Waals surface area contributed by atoms with E-state index in [-0.39, 0.29) is 5.69 Å². The molecule has 0 amide bonds. The fourth-order valence-corrected chi connectivity index (χ4v) is 2.43. The van der Waals surface area contributed by atoms with Gasteiger partial charge < -0.3 is 9.71 Å². The van der Waals surface area contributed by atoms with Crippen LogP contribution in [0.5, 0.6) is 0 Å². The number of hydrogen-bond donors (Lipinski definition) is 0. The first-order chi connectivity index (χ1) is 9.79. The molecule has 0 radical (unpaired) electrons. The van der Waals surface area contributed by atoms with Crippen molar-refractivity contribution in [3.05, 3.63) is 33.9 Å². The van der Waals surface area contributed by atoms with Crippen LogP contribution in [0.4, 0.5) is 24.5 Å². The first-order valence-electron chi connectivity index (χ1n) is 6.58. The summed E-state index contributed by atoms with van der Waals surface area (Å²) in [7, 11) is 1.92. The van der Waals surface area contributed by atoms with Gasteiger partial charge in [0.25, 0.3) is 5.69 Å². The molecule has 2 rings (SSSR count). The lowest BCUT2D eigenvalue weighted by Gasteiger charge is -2.26. The highest BCUT2D eigenvalue weighted by molar-refractivity contribution is 6.04. The quantitative estimate of drug-likeness (QED) is 0.474. The van der Waals surface area contributed by atoms with Crippen LogP contribution in [0, 0.1) is 10.1 Å². The van der Waals surface area contributed by atoms with Crippen LogP contribution in [0.1, 0.15) is 12.0 Å². The maximum Gasteiger partial charge on any atom is 0.418 e. The van der Waals surface area contributed by atoms with Crippen LogP contribution >= 0.6 is 0 Å².